The van der Waals surface area contributed by atoms with Gasteiger partial charge in [-0.05, 0) is 36.8 Å². The zero-order valence-electron chi connectivity index (χ0n) is 18.5. The number of thioether (sulfide) groups is 1. The molecule has 2 aromatic carbocycles. The quantitative estimate of drug-likeness (QED) is 0.262. The van der Waals surface area contributed by atoms with Crippen molar-refractivity contribution in [3.8, 4) is 5.69 Å². The first kappa shape index (κ1) is 23.2. The molecule has 0 saturated heterocycles. The fraction of sp³-hybridized carbons (Fsp3) is 0.174. The van der Waals surface area contributed by atoms with Crippen molar-refractivity contribution in [2.24, 2.45) is 14.1 Å². The van der Waals surface area contributed by atoms with Crippen molar-refractivity contribution in [3.63, 3.8) is 0 Å². The number of halogens is 1. The molecule has 34 heavy (non-hydrogen) atoms. The highest BCUT2D eigenvalue weighted by Crippen LogP contribution is 2.23. The number of nitrogens with two attached hydrogens (primary N) is 1. The molecule has 0 atom stereocenters. The van der Waals surface area contributed by atoms with Gasteiger partial charge in [0.05, 0.1) is 22.3 Å². The van der Waals surface area contributed by atoms with Crippen LogP contribution in [0.4, 0.5) is 10.2 Å². The predicted octanol–water partition coefficient (Wildman–Crippen LogP) is 1.79. The van der Waals surface area contributed by atoms with Crippen LogP contribution in [0.2, 0.25) is 0 Å². The third kappa shape index (κ3) is 3.83. The van der Waals surface area contributed by atoms with Gasteiger partial charge in [-0.25, -0.2) is 14.2 Å². The lowest BCUT2D eigenvalue weighted by Gasteiger charge is -2.14. The van der Waals surface area contributed by atoms with Crippen LogP contribution in [-0.4, -0.2) is 30.2 Å². The smallest absolute Gasteiger partial charge is 0.332 e. The summed E-state index contributed by atoms with van der Waals surface area (Å²) >= 11 is 0.906. The average Bonchev–Trinajstić information content (AvgIpc) is 2.82. The van der Waals surface area contributed by atoms with Crippen LogP contribution in [0.5, 0.6) is 0 Å². The van der Waals surface area contributed by atoms with Gasteiger partial charge >= 0.3 is 5.69 Å². The lowest BCUT2D eigenvalue weighted by atomic mass is 10.2. The van der Waals surface area contributed by atoms with E-state index in [1.807, 2.05) is 0 Å². The van der Waals surface area contributed by atoms with Crippen molar-refractivity contribution in [2.75, 3.05) is 11.5 Å². The van der Waals surface area contributed by atoms with Gasteiger partial charge in [0.1, 0.15) is 17.2 Å². The molecule has 0 bridgehead atoms. The molecule has 4 rings (SSSR count). The molecule has 2 aromatic heterocycles. The molecular weight excluding hydrogens is 461 g/mol. The number of ketones is 1. The van der Waals surface area contributed by atoms with Gasteiger partial charge in [0.15, 0.2) is 10.9 Å². The molecular formula is C23H20FN5O4S. The number of para-hydroxylation sites is 1. The van der Waals surface area contributed by atoms with Crippen LogP contribution in [0.1, 0.15) is 15.9 Å². The second-order valence-electron chi connectivity index (χ2n) is 7.66. The monoisotopic (exact) mass is 481 g/mol. The van der Waals surface area contributed by atoms with Gasteiger partial charge < -0.3 is 5.73 Å². The van der Waals surface area contributed by atoms with E-state index in [0.29, 0.717) is 16.5 Å². The Kier molecular flexibility index (Phi) is 5.96. The Morgan fingerprint density at radius 1 is 1.06 bits per heavy atom. The summed E-state index contributed by atoms with van der Waals surface area (Å²) in [6.07, 6.45) is 0. The van der Waals surface area contributed by atoms with Crippen molar-refractivity contribution in [1.29, 1.82) is 0 Å². The van der Waals surface area contributed by atoms with Crippen LogP contribution in [0.3, 0.4) is 0 Å². The molecule has 0 aliphatic carbocycles. The Labute approximate surface area is 196 Å². The predicted molar refractivity (Wildman–Crippen MR) is 128 cm³/mol. The maximum atomic E-state index is 14.3. The van der Waals surface area contributed by atoms with Crippen LogP contribution in [0, 0.1) is 12.7 Å². The van der Waals surface area contributed by atoms with E-state index in [1.54, 1.807) is 43.3 Å². The summed E-state index contributed by atoms with van der Waals surface area (Å²) in [6.45, 7) is 1.60. The van der Waals surface area contributed by atoms with Crippen molar-refractivity contribution < 1.29 is 9.18 Å². The van der Waals surface area contributed by atoms with E-state index >= 15 is 0 Å². The van der Waals surface area contributed by atoms with Crippen LogP contribution < -0.4 is 22.5 Å². The van der Waals surface area contributed by atoms with Gasteiger partial charge in [0.2, 0.25) is 0 Å². The van der Waals surface area contributed by atoms with Gasteiger partial charge in [-0.3, -0.25) is 28.1 Å². The van der Waals surface area contributed by atoms with E-state index < -0.39 is 28.4 Å². The molecule has 2 N–H and O–H groups in total. The van der Waals surface area contributed by atoms with E-state index in [4.69, 9.17) is 5.73 Å². The van der Waals surface area contributed by atoms with Gasteiger partial charge in [-0.2, -0.15) is 0 Å². The topological polar surface area (TPSA) is 122 Å². The minimum atomic E-state index is -0.810. The lowest BCUT2D eigenvalue weighted by Crippen LogP contribution is -2.41. The number of hydrogen-bond donors (Lipinski definition) is 1. The summed E-state index contributed by atoms with van der Waals surface area (Å²) in [5, 5.41) is 0.468. The van der Waals surface area contributed by atoms with Gasteiger partial charge in [0.25, 0.3) is 11.1 Å². The molecule has 0 amide bonds. The van der Waals surface area contributed by atoms with E-state index in [9.17, 15) is 23.6 Å². The molecule has 11 heteroatoms. The van der Waals surface area contributed by atoms with Gasteiger partial charge in [0, 0.05) is 14.1 Å². The normalized spacial score (nSPS) is 11.2. The minimum Gasteiger partial charge on any atom is -0.384 e. The number of benzene rings is 2. The van der Waals surface area contributed by atoms with Gasteiger partial charge in [-0.15, -0.1) is 0 Å². The summed E-state index contributed by atoms with van der Waals surface area (Å²) in [6, 6.07) is 11.0. The molecule has 0 spiro atoms. The maximum absolute atomic E-state index is 14.3. The molecule has 0 saturated carbocycles. The Morgan fingerprint density at radius 2 is 1.76 bits per heavy atom. The highest BCUT2D eigenvalue weighted by Gasteiger charge is 2.22. The summed E-state index contributed by atoms with van der Waals surface area (Å²) in [5.74, 6) is -1.67. The molecule has 0 aliphatic heterocycles. The van der Waals surface area contributed by atoms with E-state index in [2.05, 4.69) is 4.98 Å². The fourth-order valence-corrected chi connectivity index (χ4v) is 4.37. The highest BCUT2D eigenvalue weighted by molar-refractivity contribution is 7.99. The second kappa shape index (κ2) is 8.75. The van der Waals surface area contributed by atoms with Crippen LogP contribution in [0.15, 0.2) is 62.0 Å². The number of hydrogen-bond acceptors (Lipinski definition) is 7. The third-order valence-corrected chi connectivity index (χ3v) is 6.42. The van der Waals surface area contributed by atoms with Crippen LogP contribution in [0.25, 0.3) is 16.6 Å². The van der Waals surface area contributed by atoms with Crippen LogP contribution in [-0.2, 0) is 14.1 Å². The Hall–Kier alpha value is -3.99. The number of rotatable bonds is 5. The number of anilines is 1. The second-order valence-corrected chi connectivity index (χ2v) is 8.61. The van der Waals surface area contributed by atoms with E-state index in [0.717, 1.165) is 20.9 Å². The Morgan fingerprint density at radius 3 is 2.47 bits per heavy atom. The molecule has 0 fully saturated rings. The largest absolute Gasteiger partial charge is 0.384 e. The number of nitrogens with zero attached hydrogens (tertiary/aromatic N) is 4. The Bertz CT molecular complexity index is 1650. The van der Waals surface area contributed by atoms with Crippen molar-refractivity contribution in [3.05, 3.63) is 90.6 Å². The number of nitrogen functional groups attached to an aromatic ring is 1. The average molecular weight is 482 g/mol. The highest BCUT2D eigenvalue weighted by atomic mass is 32.2. The number of carbonyl (C=O) groups is 1. The zero-order valence-corrected chi connectivity index (χ0v) is 19.4. The number of aromatic nitrogens is 4. The lowest BCUT2D eigenvalue weighted by molar-refractivity contribution is 0.102. The zero-order chi connectivity index (χ0) is 24.7. The van der Waals surface area contributed by atoms with E-state index in [1.165, 1.54) is 24.7 Å². The van der Waals surface area contributed by atoms with Crippen molar-refractivity contribution >= 4 is 34.3 Å². The molecule has 2 heterocycles. The fourth-order valence-electron chi connectivity index (χ4n) is 3.48. The third-order valence-electron chi connectivity index (χ3n) is 5.48. The summed E-state index contributed by atoms with van der Waals surface area (Å²) in [4.78, 5) is 55.3. The first-order valence-electron chi connectivity index (χ1n) is 10.1. The van der Waals surface area contributed by atoms with E-state index in [-0.39, 0.29) is 28.0 Å². The molecule has 4 aromatic rings. The SMILES string of the molecule is Cc1ccc(-n2c(SCC(=O)c3c(N)n(C)c(=O)n(C)c3=O)nc3ccccc3c2=O)cc1F. The molecule has 9 nitrogen and oxygen atoms in total. The number of carbonyl (C=O) groups excluding carboxylic acids is 1. The molecule has 0 aliphatic rings. The van der Waals surface area contributed by atoms with Crippen LogP contribution >= 0.6 is 11.8 Å². The summed E-state index contributed by atoms with van der Waals surface area (Å²) in [7, 11) is 2.61. The first-order chi connectivity index (χ1) is 16.1. The number of Topliss-reactive ketones (excluding diaryl/α,β-unsaturated/α-hetero) is 1. The molecule has 0 radical (unpaired) electrons. The van der Waals surface area contributed by atoms with Crippen molar-refractivity contribution in [1.82, 2.24) is 18.7 Å². The minimum absolute atomic E-state index is 0.139. The standard InChI is InChI=1S/C23H20FN5O4S/c1-12-8-9-13(10-15(12)24)29-20(31)14-6-4-5-7-16(14)26-22(29)34-11-17(30)18-19(25)27(2)23(33)28(3)21(18)32/h4-10H,11,25H2,1-3H3. The molecule has 174 valence electrons. The first-order valence-corrected chi connectivity index (χ1v) is 11.1. The van der Waals surface area contributed by atoms with Crippen molar-refractivity contribution in [2.45, 2.75) is 12.1 Å². The number of fused-ring (bicyclic) bond motifs is 1. The summed E-state index contributed by atoms with van der Waals surface area (Å²) < 4.78 is 17.3. The molecule has 0 unspecified atom stereocenters. The van der Waals surface area contributed by atoms with Gasteiger partial charge in [-0.1, -0.05) is 30.0 Å². The maximum Gasteiger partial charge on any atom is 0.332 e. The number of aryl methyl sites for hydroxylation is 1. The summed E-state index contributed by atoms with van der Waals surface area (Å²) in [5.41, 5.74) is 4.73. The Balaban J connectivity index is 1.82.